The van der Waals surface area contributed by atoms with Gasteiger partial charge in [0.1, 0.15) is 0 Å². The molecule has 0 aliphatic carbocycles. The average Bonchev–Trinajstić information content (AvgIpc) is 3.04. The predicted molar refractivity (Wildman–Crippen MR) is 106 cm³/mol. The van der Waals surface area contributed by atoms with Crippen LogP contribution in [0.3, 0.4) is 0 Å². The summed E-state index contributed by atoms with van der Waals surface area (Å²) >= 11 is 0. The number of piperidine rings is 1. The van der Waals surface area contributed by atoms with E-state index in [9.17, 15) is 0 Å². The lowest BCUT2D eigenvalue weighted by molar-refractivity contribution is 0.287. The van der Waals surface area contributed by atoms with Crippen molar-refractivity contribution in [2.24, 2.45) is 0 Å². The summed E-state index contributed by atoms with van der Waals surface area (Å²) in [5, 5.41) is 4.85. The number of fused-ring (bicyclic) bond motifs is 1. The Labute approximate surface area is 150 Å². The minimum atomic E-state index is 0.650. The first-order valence-electron chi connectivity index (χ1n) is 9.04. The van der Waals surface area contributed by atoms with E-state index in [0.29, 0.717) is 5.92 Å². The molecule has 132 valence electrons. The molecule has 3 rings (SSSR count). The van der Waals surface area contributed by atoms with Crippen molar-refractivity contribution in [3.05, 3.63) is 72.7 Å². The number of nitrogens with zero attached hydrogens (tertiary/aromatic N) is 1. The highest BCUT2D eigenvalue weighted by Gasteiger charge is 2.20. The van der Waals surface area contributed by atoms with Gasteiger partial charge in [-0.3, -0.25) is 0 Å². The van der Waals surface area contributed by atoms with E-state index >= 15 is 0 Å². The maximum absolute atomic E-state index is 5.16. The van der Waals surface area contributed by atoms with E-state index in [1.165, 1.54) is 34.9 Å². The Bertz CT molecular complexity index is 778. The topological polar surface area (TPSA) is 26.2 Å². The van der Waals surface area contributed by atoms with E-state index in [2.05, 4.69) is 59.6 Å². The summed E-state index contributed by atoms with van der Waals surface area (Å²) in [6.07, 6.45) is 9.58. The molecule has 0 atom stereocenters. The normalized spacial score (nSPS) is 16.1. The quantitative estimate of drug-likeness (QED) is 0.582. The van der Waals surface area contributed by atoms with Gasteiger partial charge in [0.25, 0.3) is 0 Å². The number of rotatable bonds is 7. The van der Waals surface area contributed by atoms with E-state index in [-0.39, 0.29) is 0 Å². The molecule has 1 aliphatic heterocycles. The highest BCUT2D eigenvalue weighted by Crippen LogP contribution is 2.33. The second-order valence-electron chi connectivity index (χ2n) is 6.68. The highest BCUT2D eigenvalue weighted by molar-refractivity contribution is 5.84. The molecular formula is C22H28N2O. The lowest BCUT2D eigenvalue weighted by atomic mass is 9.90. The molecule has 1 aromatic carbocycles. The molecule has 0 unspecified atom stereocenters. The number of para-hydroxylation sites is 1. The molecule has 1 aliphatic rings. The van der Waals surface area contributed by atoms with Crippen molar-refractivity contribution >= 4 is 10.9 Å². The first kappa shape index (κ1) is 17.6. The molecule has 0 amide bonds. The Morgan fingerprint density at radius 3 is 2.80 bits per heavy atom. The van der Waals surface area contributed by atoms with Crippen LogP contribution in [0.1, 0.15) is 30.7 Å². The van der Waals surface area contributed by atoms with Gasteiger partial charge in [-0.2, -0.15) is 0 Å². The average molecular weight is 336 g/mol. The minimum Gasteiger partial charge on any atom is -0.501 e. The van der Waals surface area contributed by atoms with Crippen molar-refractivity contribution < 1.29 is 4.74 Å². The third-order valence-corrected chi connectivity index (χ3v) is 5.09. The van der Waals surface area contributed by atoms with Crippen molar-refractivity contribution in [1.29, 1.82) is 0 Å². The molecule has 1 fully saturated rings. The smallest absolute Gasteiger partial charge is 0.0921 e. The van der Waals surface area contributed by atoms with Crippen molar-refractivity contribution in [3.63, 3.8) is 0 Å². The number of benzene rings is 1. The fraction of sp³-hybridized carbons (Fsp3) is 0.364. The number of hydrogen-bond acceptors (Lipinski definition) is 2. The first-order chi connectivity index (χ1) is 12.2. The third-order valence-electron chi connectivity index (χ3n) is 5.09. The summed E-state index contributed by atoms with van der Waals surface area (Å²) in [5.41, 5.74) is 3.98. The Balaban J connectivity index is 1.90. The van der Waals surface area contributed by atoms with Crippen LogP contribution in [0, 0.1) is 0 Å². The molecule has 3 heteroatoms. The summed E-state index contributed by atoms with van der Waals surface area (Å²) in [6.45, 7) is 10.9. The summed E-state index contributed by atoms with van der Waals surface area (Å²) < 4.78 is 7.52. The first-order valence-corrected chi connectivity index (χ1v) is 9.04. The van der Waals surface area contributed by atoms with Crippen molar-refractivity contribution in [2.75, 3.05) is 20.2 Å². The van der Waals surface area contributed by atoms with E-state index in [1.807, 2.05) is 6.08 Å². The molecule has 1 saturated heterocycles. The monoisotopic (exact) mass is 336 g/mol. The summed E-state index contributed by atoms with van der Waals surface area (Å²) in [7, 11) is 1.66. The van der Waals surface area contributed by atoms with Crippen LogP contribution < -0.4 is 5.32 Å². The number of aromatic nitrogens is 1. The number of hydrogen-bond donors (Lipinski definition) is 1. The molecule has 2 heterocycles. The van der Waals surface area contributed by atoms with Gasteiger partial charge in [-0.25, -0.2) is 0 Å². The van der Waals surface area contributed by atoms with Crippen LogP contribution in [-0.2, 0) is 11.3 Å². The zero-order valence-electron chi connectivity index (χ0n) is 15.1. The molecular weight excluding hydrogens is 308 g/mol. The maximum Gasteiger partial charge on any atom is 0.0921 e. The Morgan fingerprint density at radius 1 is 1.32 bits per heavy atom. The van der Waals surface area contributed by atoms with E-state index in [4.69, 9.17) is 4.74 Å². The molecule has 1 N–H and O–H groups in total. The van der Waals surface area contributed by atoms with E-state index < -0.39 is 0 Å². The number of allylic oxidation sites excluding steroid dienone is 3. The highest BCUT2D eigenvalue weighted by atomic mass is 16.5. The van der Waals surface area contributed by atoms with Crippen LogP contribution in [-0.4, -0.2) is 24.8 Å². The SMILES string of the molecule is C=CC(=CCC(=C)OC)Cn1cc(C2CCNCC2)c2ccccc21. The molecule has 0 spiro atoms. The van der Waals surface area contributed by atoms with Crippen LogP contribution in [0.5, 0.6) is 0 Å². The zero-order valence-corrected chi connectivity index (χ0v) is 15.1. The van der Waals surface area contributed by atoms with Crippen molar-refractivity contribution in [1.82, 2.24) is 9.88 Å². The molecule has 1 aromatic heterocycles. The Morgan fingerprint density at radius 2 is 2.08 bits per heavy atom. The molecule has 25 heavy (non-hydrogen) atoms. The van der Waals surface area contributed by atoms with Gasteiger partial charge in [0.05, 0.1) is 12.9 Å². The molecule has 2 aromatic rings. The van der Waals surface area contributed by atoms with E-state index in [0.717, 1.165) is 31.8 Å². The zero-order chi connectivity index (χ0) is 17.6. The predicted octanol–water partition coefficient (Wildman–Crippen LogP) is 4.77. The van der Waals surface area contributed by atoms with Gasteiger partial charge in [-0.15, -0.1) is 0 Å². The largest absolute Gasteiger partial charge is 0.501 e. The number of ether oxygens (including phenoxy) is 1. The number of methoxy groups -OCH3 is 1. The Kier molecular flexibility index (Phi) is 5.77. The maximum atomic E-state index is 5.16. The minimum absolute atomic E-state index is 0.650. The third kappa shape index (κ3) is 4.05. The van der Waals surface area contributed by atoms with Crippen molar-refractivity contribution in [3.8, 4) is 0 Å². The number of nitrogens with one attached hydrogen (secondary N) is 1. The van der Waals surface area contributed by atoms with Gasteiger partial charge in [0.2, 0.25) is 0 Å². The summed E-state index contributed by atoms with van der Waals surface area (Å²) in [5.74, 6) is 1.42. The fourth-order valence-corrected chi connectivity index (χ4v) is 3.60. The van der Waals surface area contributed by atoms with Gasteiger partial charge in [0, 0.05) is 30.1 Å². The summed E-state index contributed by atoms with van der Waals surface area (Å²) in [6, 6.07) is 8.74. The Hall–Kier alpha value is -2.26. The molecule has 0 saturated carbocycles. The standard InChI is InChI=1S/C22H28N2O/c1-4-18(10-9-17(2)25-3)15-24-16-21(19-11-13-23-14-12-19)20-7-5-6-8-22(20)24/h4-8,10,16,19,23H,1-2,9,11-15H2,3H3. The lowest BCUT2D eigenvalue weighted by Gasteiger charge is -2.22. The van der Waals surface area contributed by atoms with Crippen LogP contribution in [0.25, 0.3) is 10.9 Å². The van der Waals surface area contributed by atoms with Crippen LogP contribution in [0.15, 0.2) is 67.1 Å². The van der Waals surface area contributed by atoms with Gasteiger partial charge in [-0.05, 0) is 49.1 Å². The van der Waals surface area contributed by atoms with Crippen molar-refractivity contribution in [2.45, 2.75) is 31.7 Å². The lowest BCUT2D eigenvalue weighted by Crippen LogP contribution is -2.26. The van der Waals surface area contributed by atoms with Gasteiger partial charge < -0.3 is 14.6 Å². The molecule has 0 radical (unpaired) electrons. The van der Waals surface area contributed by atoms with Crippen LogP contribution in [0.2, 0.25) is 0 Å². The van der Waals surface area contributed by atoms with Gasteiger partial charge >= 0.3 is 0 Å². The van der Waals surface area contributed by atoms with Gasteiger partial charge in [-0.1, -0.05) is 43.5 Å². The fourth-order valence-electron chi connectivity index (χ4n) is 3.60. The molecule has 0 bridgehead atoms. The second kappa shape index (κ2) is 8.21. The molecule has 3 nitrogen and oxygen atoms in total. The van der Waals surface area contributed by atoms with Gasteiger partial charge in [0.15, 0.2) is 0 Å². The van der Waals surface area contributed by atoms with E-state index in [1.54, 1.807) is 7.11 Å². The summed E-state index contributed by atoms with van der Waals surface area (Å²) in [4.78, 5) is 0. The second-order valence-corrected chi connectivity index (χ2v) is 6.68. The van der Waals surface area contributed by atoms with Crippen LogP contribution >= 0.6 is 0 Å². The van der Waals surface area contributed by atoms with Crippen LogP contribution in [0.4, 0.5) is 0 Å².